The molecule has 2 aromatic carbocycles. The molecule has 35 heavy (non-hydrogen) atoms. The van der Waals surface area contributed by atoms with Crippen LogP contribution in [0.25, 0.3) is 38.6 Å². The Labute approximate surface area is 203 Å². The molecule has 1 amide bonds. The lowest BCUT2D eigenvalue weighted by atomic mass is 9.73. The Morgan fingerprint density at radius 3 is 2.54 bits per heavy atom. The molecule has 0 aliphatic carbocycles. The largest absolute Gasteiger partial charge is 0.356 e. The van der Waals surface area contributed by atoms with Crippen LogP contribution in [-0.2, 0) is 11.8 Å². The number of aryl methyl sites for hydroxylation is 2. The van der Waals surface area contributed by atoms with Crippen LogP contribution in [0.3, 0.4) is 0 Å². The first kappa shape index (κ1) is 20.3. The maximum atomic E-state index is 10.9. The smallest absolute Gasteiger partial charge is 0.209 e. The third-order valence-corrected chi connectivity index (χ3v) is 7.55. The second-order valence-corrected chi connectivity index (χ2v) is 10.2. The molecule has 5 aromatic rings. The summed E-state index contributed by atoms with van der Waals surface area (Å²) in [6.07, 6.45) is 7.18. The molecule has 174 valence electrons. The van der Waals surface area contributed by atoms with Gasteiger partial charge >= 0.3 is 0 Å². The fourth-order valence-electron chi connectivity index (χ4n) is 5.93. The number of para-hydroxylation sites is 1. The molecule has 0 N–H and O–H groups in total. The van der Waals surface area contributed by atoms with Gasteiger partial charge in [-0.25, -0.2) is 9.67 Å². The van der Waals surface area contributed by atoms with Gasteiger partial charge in [-0.2, -0.15) is 5.10 Å². The number of hydrogen-bond acceptors (Lipinski definition) is 4. The summed E-state index contributed by atoms with van der Waals surface area (Å²) in [5, 5.41) is 8.69. The Bertz CT molecular complexity index is 1600. The number of benzene rings is 2. The van der Waals surface area contributed by atoms with Crippen molar-refractivity contribution in [1.82, 2.24) is 24.2 Å². The SMILES string of the molecule is Cc1cccc2c(-c3cccc4cn(C)cc34)nn(-c3ccc(N4CC5(CN(C=O)C5)C4)nc3)c12. The summed E-state index contributed by atoms with van der Waals surface area (Å²) < 4.78 is 4.13. The van der Waals surface area contributed by atoms with Gasteiger partial charge in [0.2, 0.25) is 6.41 Å². The Balaban J connectivity index is 1.27. The Morgan fingerprint density at radius 2 is 1.77 bits per heavy atom. The number of aromatic nitrogens is 4. The lowest BCUT2D eigenvalue weighted by molar-refractivity contribution is -0.130. The number of pyridine rings is 1. The van der Waals surface area contributed by atoms with Gasteiger partial charge < -0.3 is 14.4 Å². The van der Waals surface area contributed by atoms with Gasteiger partial charge in [0.25, 0.3) is 0 Å². The van der Waals surface area contributed by atoms with Crippen molar-refractivity contribution < 1.29 is 4.79 Å². The van der Waals surface area contributed by atoms with Crippen LogP contribution in [0.1, 0.15) is 5.56 Å². The van der Waals surface area contributed by atoms with Crippen LogP contribution in [-0.4, -0.2) is 56.8 Å². The van der Waals surface area contributed by atoms with Crippen LogP contribution in [0.5, 0.6) is 0 Å². The zero-order valence-corrected chi connectivity index (χ0v) is 19.8. The second-order valence-electron chi connectivity index (χ2n) is 10.2. The Hall–Kier alpha value is -4.13. The molecule has 7 nitrogen and oxygen atoms in total. The number of carbonyl (C=O) groups excluding carboxylic acids is 1. The maximum Gasteiger partial charge on any atom is 0.209 e. The van der Waals surface area contributed by atoms with Gasteiger partial charge in [0.05, 0.1) is 17.4 Å². The molecule has 2 fully saturated rings. The van der Waals surface area contributed by atoms with Crippen molar-refractivity contribution in [2.75, 3.05) is 31.1 Å². The predicted molar refractivity (Wildman–Crippen MR) is 138 cm³/mol. The van der Waals surface area contributed by atoms with E-state index in [9.17, 15) is 4.79 Å². The highest BCUT2D eigenvalue weighted by atomic mass is 16.1. The van der Waals surface area contributed by atoms with E-state index in [2.05, 4.69) is 84.4 Å². The van der Waals surface area contributed by atoms with Crippen molar-refractivity contribution >= 4 is 33.9 Å². The van der Waals surface area contributed by atoms with E-state index in [1.165, 1.54) is 16.3 Å². The highest BCUT2D eigenvalue weighted by Crippen LogP contribution is 2.41. The van der Waals surface area contributed by atoms with Gasteiger partial charge in [-0.05, 0) is 30.0 Å². The van der Waals surface area contributed by atoms with Crippen molar-refractivity contribution in [1.29, 1.82) is 0 Å². The summed E-state index contributed by atoms with van der Waals surface area (Å²) in [7, 11) is 2.06. The molecule has 5 heterocycles. The van der Waals surface area contributed by atoms with Crippen molar-refractivity contribution in [3.05, 3.63) is 72.7 Å². The quantitative estimate of drug-likeness (QED) is 0.376. The molecule has 0 atom stereocenters. The highest BCUT2D eigenvalue weighted by Gasteiger charge is 2.51. The first-order valence-electron chi connectivity index (χ1n) is 12.0. The minimum Gasteiger partial charge on any atom is -0.356 e. The molecule has 7 heteroatoms. The van der Waals surface area contributed by atoms with Crippen molar-refractivity contribution in [3.63, 3.8) is 0 Å². The third-order valence-electron chi connectivity index (χ3n) is 7.55. The zero-order valence-electron chi connectivity index (χ0n) is 19.8. The summed E-state index contributed by atoms with van der Waals surface area (Å²) in [5.41, 5.74) is 5.63. The van der Waals surface area contributed by atoms with E-state index < -0.39 is 0 Å². The van der Waals surface area contributed by atoms with E-state index in [0.29, 0.717) is 0 Å². The monoisotopic (exact) mass is 462 g/mol. The lowest BCUT2D eigenvalue weighted by Crippen LogP contribution is -2.72. The minimum absolute atomic E-state index is 0.268. The van der Waals surface area contributed by atoms with E-state index in [1.54, 1.807) is 0 Å². The molecule has 2 saturated heterocycles. The number of anilines is 1. The number of hydrogen-bond donors (Lipinski definition) is 0. The Morgan fingerprint density at radius 1 is 0.943 bits per heavy atom. The highest BCUT2D eigenvalue weighted by molar-refractivity contribution is 6.04. The predicted octanol–water partition coefficient (Wildman–Crippen LogP) is 4.17. The van der Waals surface area contributed by atoms with Crippen LogP contribution < -0.4 is 4.90 Å². The first-order valence-corrected chi connectivity index (χ1v) is 12.0. The van der Waals surface area contributed by atoms with Crippen molar-refractivity contribution in [2.45, 2.75) is 6.92 Å². The molecule has 0 radical (unpaired) electrons. The van der Waals surface area contributed by atoms with E-state index in [0.717, 1.165) is 66.3 Å². The third kappa shape index (κ3) is 3.00. The average molecular weight is 463 g/mol. The number of rotatable bonds is 4. The molecule has 2 aliphatic heterocycles. The molecular formula is C28H26N6O. The molecule has 0 saturated carbocycles. The lowest BCUT2D eigenvalue weighted by Gasteiger charge is -2.59. The number of fused-ring (bicyclic) bond motifs is 2. The molecule has 2 aliphatic rings. The standard InChI is InChI=1S/C28H26N6O/c1-19-5-3-8-23-26(22-7-4-6-20-12-31(2)13-24(20)22)30-34(27(19)23)21-9-10-25(29-11-21)33-16-28(17-33)14-32(15-28)18-35/h3-13,18H,14-17H2,1-2H3. The second kappa shape index (κ2) is 7.18. The molecule has 3 aromatic heterocycles. The fraction of sp³-hybridized carbons (Fsp3) is 0.250. The van der Waals surface area contributed by atoms with Gasteiger partial charge in [-0.1, -0.05) is 36.4 Å². The summed E-state index contributed by atoms with van der Waals surface area (Å²) >= 11 is 0. The normalized spacial score (nSPS) is 16.6. The van der Waals surface area contributed by atoms with Crippen LogP contribution in [0, 0.1) is 12.3 Å². The number of carbonyl (C=O) groups is 1. The first-order chi connectivity index (χ1) is 17.0. The number of amides is 1. The molecule has 1 spiro atoms. The van der Waals surface area contributed by atoms with Crippen LogP contribution in [0.2, 0.25) is 0 Å². The minimum atomic E-state index is 0.268. The van der Waals surface area contributed by atoms with Gasteiger partial charge in [0.1, 0.15) is 11.5 Å². The average Bonchev–Trinajstić information content (AvgIpc) is 3.38. The summed E-state index contributed by atoms with van der Waals surface area (Å²) in [6.45, 7) is 5.77. The van der Waals surface area contributed by atoms with Crippen molar-refractivity contribution in [3.8, 4) is 16.9 Å². The zero-order chi connectivity index (χ0) is 23.7. The van der Waals surface area contributed by atoms with Gasteiger partial charge in [-0.3, -0.25) is 4.79 Å². The summed E-state index contributed by atoms with van der Waals surface area (Å²) in [5.74, 6) is 0.978. The van der Waals surface area contributed by atoms with Gasteiger partial charge in [0.15, 0.2) is 0 Å². The van der Waals surface area contributed by atoms with Gasteiger partial charge in [-0.15, -0.1) is 0 Å². The fourth-order valence-corrected chi connectivity index (χ4v) is 5.93. The number of likely N-dealkylation sites (tertiary alicyclic amines) is 1. The van der Waals surface area contributed by atoms with Crippen molar-refractivity contribution in [2.24, 2.45) is 12.5 Å². The van der Waals surface area contributed by atoms with Crippen LogP contribution in [0.15, 0.2) is 67.1 Å². The molecule has 0 bridgehead atoms. The topological polar surface area (TPSA) is 59.2 Å². The summed E-state index contributed by atoms with van der Waals surface area (Å²) in [4.78, 5) is 19.8. The van der Waals surface area contributed by atoms with E-state index >= 15 is 0 Å². The molecule has 0 unspecified atom stereocenters. The van der Waals surface area contributed by atoms with E-state index in [-0.39, 0.29) is 5.41 Å². The maximum absolute atomic E-state index is 10.9. The molecular weight excluding hydrogens is 436 g/mol. The van der Waals surface area contributed by atoms with Crippen LogP contribution >= 0.6 is 0 Å². The Kier molecular flexibility index (Phi) is 4.16. The van der Waals surface area contributed by atoms with E-state index in [4.69, 9.17) is 10.1 Å². The van der Waals surface area contributed by atoms with Crippen LogP contribution in [0.4, 0.5) is 5.82 Å². The summed E-state index contributed by atoms with van der Waals surface area (Å²) in [6, 6.07) is 17.0. The molecule has 7 rings (SSSR count). The van der Waals surface area contributed by atoms with Gasteiger partial charge in [0, 0.05) is 67.4 Å². The van der Waals surface area contributed by atoms with E-state index in [1.807, 2.05) is 15.8 Å². The number of nitrogens with zero attached hydrogens (tertiary/aromatic N) is 6.